The highest BCUT2D eigenvalue weighted by atomic mass is 19.2. The molecule has 0 aromatic heterocycles. The summed E-state index contributed by atoms with van der Waals surface area (Å²) in [5, 5.41) is 0. The quantitative estimate of drug-likeness (QED) is 0.159. The maximum Gasteiger partial charge on any atom is 0.796 e. The van der Waals surface area contributed by atoms with Crippen LogP contribution >= 0.6 is 0 Å². The summed E-state index contributed by atoms with van der Waals surface area (Å²) < 4.78 is 43.2. The van der Waals surface area contributed by atoms with E-state index < -0.39 is 13.4 Å². The van der Waals surface area contributed by atoms with Crippen molar-refractivity contribution in [2.45, 2.75) is 71.6 Å². The largest absolute Gasteiger partial charge is 0.796 e. The zero-order valence-electron chi connectivity index (χ0n) is 23.3. The van der Waals surface area contributed by atoms with Crippen molar-refractivity contribution in [3.8, 4) is 11.5 Å². The Bertz CT molecular complexity index is 1160. The molecule has 0 N–H and O–H groups in total. The summed E-state index contributed by atoms with van der Waals surface area (Å²) in [4.78, 5) is 12.6. The third-order valence-electron chi connectivity index (χ3n) is 6.63. The van der Waals surface area contributed by atoms with Gasteiger partial charge in [-0.15, -0.1) is 0 Å². The van der Waals surface area contributed by atoms with Gasteiger partial charge >= 0.3 is 7.47 Å². The SMILES string of the molecule is CCCCCOc1ccc(C2CC(/C=C\c3cccc(OCCCCC)c3)=CC(OB(F)F)=C2C(C)=O)cc1. The molecule has 1 unspecified atom stereocenters. The first-order chi connectivity index (χ1) is 18.9. The number of unbranched alkanes of at least 4 members (excludes halogenated alkanes) is 4. The van der Waals surface area contributed by atoms with E-state index in [4.69, 9.17) is 14.1 Å². The lowest BCUT2D eigenvalue weighted by Gasteiger charge is -2.27. The van der Waals surface area contributed by atoms with Crippen molar-refractivity contribution in [1.29, 1.82) is 0 Å². The highest BCUT2D eigenvalue weighted by molar-refractivity contribution is 6.35. The lowest BCUT2D eigenvalue weighted by Crippen LogP contribution is -2.19. The van der Waals surface area contributed by atoms with E-state index in [-0.39, 0.29) is 17.1 Å². The number of benzene rings is 2. The van der Waals surface area contributed by atoms with E-state index >= 15 is 0 Å². The molecular weight excluding hydrogens is 497 g/mol. The van der Waals surface area contributed by atoms with Gasteiger partial charge in [0.05, 0.1) is 13.2 Å². The summed E-state index contributed by atoms with van der Waals surface area (Å²) in [6, 6.07) is 15.3. The van der Waals surface area contributed by atoms with E-state index in [9.17, 15) is 13.4 Å². The predicted octanol–water partition coefficient (Wildman–Crippen LogP) is 8.74. The van der Waals surface area contributed by atoms with E-state index in [1.807, 2.05) is 60.7 Å². The van der Waals surface area contributed by atoms with Gasteiger partial charge in [0.1, 0.15) is 17.3 Å². The molecule has 1 aliphatic carbocycles. The van der Waals surface area contributed by atoms with E-state index in [1.165, 1.54) is 6.92 Å². The minimum absolute atomic E-state index is 0.0821. The van der Waals surface area contributed by atoms with Crippen molar-refractivity contribution in [1.82, 2.24) is 0 Å². The van der Waals surface area contributed by atoms with Gasteiger partial charge in [-0.3, -0.25) is 4.79 Å². The average Bonchev–Trinajstić information content (AvgIpc) is 2.92. The van der Waals surface area contributed by atoms with Crippen molar-refractivity contribution < 1.29 is 27.6 Å². The molecule has 2 aromatic carbocycles. The Kier molecular flexibility index (Phi) is 12.3. The third-order valence-corrected chi connectivity index (χ3v) is 6.63. The van der Waals surface area contributed by atoms with Crippen LogP contribution in [0.25, 0.3) is 6.08 Å². The van der Waals surface area contributed by atoms with Gasteiger partial charge in [0.15, 0.2) is 5.78 Å². The topological polar surface area (TPSA) is 44.8 Å². The fraction of sp³-hybridized carbons (Fsp3) is 0.406. The van der Waals surface area contributed by atoms with E-state index in [0.29, 0.717) is 19.6 Å². The van der Waals surface area contributed by atoms with Gasteiger partial charge in [-0.25, -0.2) is 8.63 Å². The molecule has 39 heavy (non-hydrogen) atoms. The zero-order chi connectivity index (χ0) is 28.0. The number of Topliss-reactive ketones (excluding diaryl/α,β-unsaturated/α-hetero) is 1. The summed E-state index contributed by atoms with van der Waals surface area (Å²) in [5.41, 5.74) is 2.82. The molecule has 0 fully saturated rings. The maximum atomic E-state index is 13.3. The number of hydrogen-bond donors (Lipinski definition) is 0. The van der Waals surface area contributed by atoms with Gasteiger partial charge < -0.3 is 14.1 Å². The smallest absolute Gasteiger partial charge is 0.505 e. The molecule has 0 amide bonds. The van der Waals surface area contributed by atoms with Crippen LogP contribution in [0.5, 0.6) is 11.5 Å². The van der Waals surface area contributed by atoms with Crippen molar-refractivity contribution in [3.63, 3.8) is 0 Å². The number of allylic oxidation sites excluding steroid dienone is 4. The van der Waals surface area contributed by atoms with Crippen LogP contribution in [0.3, 0.4) is 0 Å². The Morgan fingerprint density at radius 3 is 2.21 bits per heavy atom. The minimum Gasteiger partial charge on any atom is -0.505 e. The lowest BCUT2D eigenvalue weighted by molar-refractivity contribution is -0.114. The number of carbonyl (C=O) groups excluding carboxylic acids is 1. The fourth-order valence-electron chi connectivity index (χ4n) is 4.62. The maximum absolute atomic E-state index is 13.3. The second-order valence-electron chi connectivity index (χ2n) is 9.77. The van der Waals surface area contributed by atoms with E-state index in [1.54, 1.807) is 6.08 Å². The lowest BCUT2D eigenvalue weighted by atomic mass is 9.79. The second-order valence-corrected chi connectivity index (χ2v) is 9.77. The predicted molar refractivity (Wildman–Crippen MR) is 154 cm³/mol. The standard InChI is InChI=1S/C32H39BF2O4/c1-4-6-8-19-37-28-17-15-27(16-18-28)30-22-26(23-31(39-33(34)35)32(30)24(3)36)14-13-25-11-10-12-29(21-25)38-20-9-7-5-2/h10-18,21,23,30H,4-9,19-20,22H2,1-3H3/b14-13-. The Morgan fingerprint density at radius 2 is 1.59 bits per heavy atom. The van der Waals surface area contributed by atoms with Crippen LogP contribution in [0.15, 0.2) is 77.6 Å². The molecule has 0 saturated heterocycles. The number of hydrogen-bond acceptors (Lipinski definition) is 4. The Hall–Kier alpha value is -3.35. The molecule has 3 rings (SSSR count). The molecule has 0 aliphatic heterocycles. The molecule has 208 valence electrons. The molecule has 1 aliphatic rings. The first-order valence-corrected chi connectivity index (χ1v) is 14.0. The summed E-state index contributed by atoms with van der Waals surface area (Å²) in [6.07, 6.45) is 12.3. The van der Waals surface area contributed by atoms with Crippen LogP contribution in [0.1, 0.15) is 82.8 Å². The van der Waals surface area contributed by atoms with Crippen LogP contribution in [-0.4, -0.2) is 26.5 Å². The third kappa shape index (κ3) is 9.72. The molecule has 0 spiro atoms. The normalized spacial score (nSPS) is 15.3. The summed E-state index contributed by atoms with van der Waals surface area (Å²) in [7, 11) is -3.03. The molecule has 7 heteroatoms. The number of halogens is 2. The first kappa shape index (κ1) is 30.2. The van der Waals surface area contributed by atoms with Gasteiger partial charge in [0, 0.05) is 11.5 Å². The molecular formula is C32H39BF2O4. The number of rotatable bonds is 16. The molecule has 0 saturated carbocycles. The summed E-state index contributed by atoms with van der Waals surface area (Å²) in [5.74, 6) is 0.754. The Labute approximate surface area is 232 Å². The van der Waals surface area contributed by atoms with Crippen LogP contribution < -0.4 is 9.47 Å². The van der Waals surface area contributed by atoms with Gasteiger partial charge in [0.25, 0.3) is 0 Å². The first-order valence-electron chi connectivity index (χ1n) is 14.0. The molecule has 2 aromatic rings. The van der Waals surface area contributed by atoms with Crippen molar-refractivity contribution >= 4 is 19.3 Å². The summed E-state index contributed by atoms with van der Waals surface area (Å²) in [6.45, 7) is 7.00. The molecule has 0 radical (unpaired) electrons. The van der Waals surface area contributed by atoms with E-state index in [0.717, 1.165) is 66.7 Å². The van der Waals surface area contributed by atoms with Crippen LogP contribution in [0.2, 0.25) is 0 Å². The van der Waals surface area contributed by atoms with Crippen LogP contribution in [0, 0.1) is 0 Å². The van der Waals surface area contributed by atoms with Gasteiger partial charge in [-0.05, 0) is 73.2 Å². The molecule has 4 nitrogen and oxygen atoms in total. The number of ketones is 1. The molecule has 0 bridgehead atoms. The van der Waals surface area contributed by atoms with Crippen LogP contribution in [-0.2, 0) is 9.45 Å². The summed E-state index contributed by atoms with van der Waals surface area (Å²) >= 11 is 0. The molecule has 0 heterocycles. The Morgan fingerprint density at radius 1 is 0.923 bits per heavy atom. The highest BCUT2D eigenvalue weighted by Crippen LogP contribution is 2.39. The minimum atomic E-state index is -3.03. The number of carbonyl (C=O) groups is 1. The monoisotopic (exact) mass is 536 g/mol. The Balaban J connectivity index is 1.82. The fourth-order valence-corrected chi connectivity index (χ4v) is 4.62. The zero-order valence-corrected chi connectivity index (χ0v) is 23.3. The number of ether oxygens (including phenoxy) is 2. The van der Waals surface area contributed by atoms with E-state index in [2.05, 4.69) is 13.8 Å². The van der Waals surface area contributed by atoms with Crippen molar-refractivity contribution in [2.75, 3.05) is 13.2 Å². The average molecular weight is 536 g/mol. The second kappa shape index (κ2) is 15.9. The molecule has 1 atom stereocenters. The van der Waals surface area contributed by atoms with Gasteiger partial charge in [0.2, 0.25) is 0 Å². The van der Waals surface area contributed by atoms with Crippen LogP contribution in [0.4, 0.5) is 8.63 Å². The van der Waals surface area contributed by atoms with Crippen molar-refractivity contribution in [3.05, 3.63) is 88.7 Å². The van der Waals surface area contributed by atoms with Gasteiger partial charge in [-0.1, -0.05) is 75.9 Å². The van der Waals surface area contributed by atoms with Gasteiger partial charge in [-0.2, -0.15) is 0 Å². The highest BCUT2D eigenvalue weighted by Gasteiger charge is 2.31. The van der Waals surface area contributed by atoms with Crippen molar-refractivity contribution in [2.24, 2.45) is 0 Å².